The molecule has 1 saturated heterocycles. The molecule has 0 spiro atoms. The van der Waals surface area contributed by atoms with Crippen molar-refractivity contribution in [1.82, 2.24) is 4.90 Å². The highest BCUT2D eigenvalue weighted by atomic mass is 16.4. The molecule has 64 valence electrons. The third-order valence-electron chi connectivity index (χ3n) is 2.36. The lowest BCUT2D eigenvalue weighted by Crippen LogP contribution is -2.54. The van der Waals surface area contributed by atoms with Gasteiger partial charge in [0.2, 0.25) is 5.91 Å². The fraction of sp³-hybridized carbons (Fsp3) is 0.500. The Morgan fingerprint density at radius 3 is 2.92 bits per heavy atom. The average molecular weight is 167 g/mol. The van der Waals surface area contributed by atoms with E-state index >= 15 is 0 Å². The second kappa shape index (κ2) is 2.33. The second-order valence-electron chi connectivity index (χ2n) is 3.09. The van der Waals surface area contributed by atoms with Crippen LogP contribution in [0.5, 0.6) is 0 Å². The number of fused-ring (bicyclic) bond motifs is 1. The highest BCUT2D eigenvalue weighted by molar-refractivity contribution is 5.96. The summed E-state index contributed by atoms with van der Waals surface area (Å²) < 4.78 is 0. The van der Waals surface area contributed by atoms with Crippen LogP contribution >= 0.6 is 0 Å². The van der Waals surface area contributed by atoms with Crippen molar-refractivity contribution in [3.8, 4) is 0 Å². The molecule has 2 aliphatic heterocycles. The van der Waals surface area contributed by atoms with Gasteiger partial charge >= 0.3 is 5.97 Å². The molecule has 1 amide bonds. The van der Waals surface area contributed by atoms with E-state index < -0.39 is 5.97 Å². The molecule has 0 saturated carbocycles. The number of carboxylic acids is 1. The van der Waals surface area contributed by atoms with Gasteiger partial charge in [0.25, 0.3) is 0 Å². The summed E-state index contributed by atoms with van der Waals surface area (Å²) in [4.78, 5) is 23.0. The molecular formula is C8H9NO3. The molecule has 2 rings (SSSR count). The number of hydrogen-bond acceptors (Lipinski definition) is 2. The zero-order chi connectivity index (χ0) is 8.72. The topological polar surface area (TPSA) is 57.6 Å². The van der Waals surface area contributed by atoms with Crippen LogP contribution in [-0.4, -0.2) is 27.9 Å². The van der Waals surface area contributed by atoms with E-state index in [0.29, 0.717) is 6.42 Å². The van der Waals surface area contributed by atoms with E-state index in [-0.39, 0.29) is 17.6 Å². The van der Waals surface area contributed by atoms with Gasteiger partial charge in [0, 0.05) is 12.5 Å². The van der Waals surface area contributed by atoms with Gasteiger partial charge in [-0.1, -0.05) is 6.08 Å². The van der Waals surface area contributed by atoms with Gasteiger partial charge in [0.1, 0.15) is 5.70 Å². The number of rotatable bonds is 1. The fourth-order valence-electron chi connectivity index (χ4n) is 1.75. The van der Waals surface area contributed by atoms with Crippen molar-refractivity contribution >= 4 is 11.9 Å². The predicted molar refractivity (Wildman–Crippen MR) is 40.2 cm³/mol. The molecule has 2 heterocycles. The summed E-state index contributed by atoms with van der Waals surface area (Å²) in [5, 5.41) is 8.72. The Kier molecular flexibility index (Phi) is 1.43. The third kappa shape index (κ3) is 0.841. The Morgan fingerprint density at radius 1 is 1.67 bits per heavy atom. The summed E-state index contributed by atoms with van der Waals surface area (Å²) in [6.45, 7) is 0. The van der Waals surface area contributed by atoms with E-state index in [2.05, 4.69) is 0 Å². The van der Waals surface area contributed by atoms with Crippen LogP contribution < -0.4 is 0 Å². The van der Waals surface area contributed by atoms with Crippen molar-refractivity contribution in [2.24, 2.45) is 0 Å². The van der Waals surface area contributed by atoms with Gasteiger partial charge < -0.3 is 10.0 Å². The SMILES string of the molecule is O=C(O)C1=CCCC2CC(=O)N12. The summed E-state index contributed by atoms with van der Waals surface area (Å²) in [7, 11) is 0. The maximum atomic E-state index is 11.0. The molecular weight excluding hydrogens is 158 g/mol. The molecule has 0 aromatic heterocycles. The van der Waals surface area contributed by atoms with E-state index in [4.69, 9.17) is 5.11 Å². The molecule has 0 aliphatic carbocycles. The fourth-order valence-corrected chi connectivity index (χ4v) is 1.75. The van der Waals surface area contributed by atoms with Gasteiger partial charge in [-0.25, -0.2) is 4.79 Å². The minimum atomic E-state index is -0.993. The van der Waals surface area contributed by atoms with E-state index in [1.165, 1.54) is 4.90 Å². The number of amides is 1. The smallest absolute Gasteiger partial charge is 0.352 e. The lowest BCUT2D eigenvalue weighted by Gasteiger charge is -2.42. The van der Waals surface area contributed by atoms with Crippen LogP contribution in [-0.2, 0) is 9.59 Å². The minimum absolute atomic E-state index is 0.0617. The zero-order valence-electron chi connectivity index (χ0n) is 6.49. The quantitative estimate of drug-likeness (QED) is 0.573. The highest BCUT2D eigenvalue weighted by Gasteiger charge is 2.41. The number of hydrogen-bond donors (Lipinski definition) is 1. The number of aliphatic carboxylic acids is 1. The van der Waals surface area contributed by atoms with Gasteiger partial charge in [-0.15, -0.1) is 0 Å². The highest BCUT2D eigenvalue weighted by Crippen LogP contribution is 2.32. The lowest BCUT2D eigenvalue weighted by molar-refractivity contribution is -0.150. The van der Waals surface area contributed by atoms with E-state index in [9.17, 15) is 9.59 Å². The molecule has 0 bridgehead atoms. The monoisotopic (exact) mass is 167 g/mol. The molecule has 0 radical (unpaired) electrons. The van der Waals surface area contributed by atoms with Gasteiger partial charge in [-0.05, 0) is 12.8 Å². The molecule has 1 N–H and O–H groups in total. The number of carbonyl (C=O) groups is 2. The van der Waals surface area contributed by atoms with Crippen LogP contribution in [0.3, 0.4) is 0 Å². The minimum Gasteiger partial charge on any atom is -0.477 e. The summed E-state index contributed by atoms with van der Waals surface area (Å²) in [6.07, 6.45) is 3.82. The van der Waals surface area contributed by atoms with Crippen molar-refractivity contribution in [3.05, 3.63) is 11.8 Å². The molecule has 2 aliphatic rings. The Labute approximate surface area is 69.5 Å². The normalized spacial score (nSPS) is 27.3. The number of allylic oxidation sites excluding steroid dienone is 1. The van der Waals surface area contributed by atoms with Crippen LogP contribution in [0.4, 0.5) is 0 Å². The first kappa shape index (κ1) is 7.34. The van der Waals surface area contributed by atoms with E-state index in [1.807, 2.05) is 0 Å². The molecule has 1 unspecified atom stereocenters. The third-order valence-corrected chi connectivity index (χ3v) is 2.36. The largest absolute Gasteiger partial charge is 0.477 e. The van der Waals surface area contributed by atoms with Crippen LogP contribution in [0, 0.1) is 0 Å². The van der Waals surface area contributed by atoms with Crippen LogP contribution in [0.15, 0.2) is 11.8 Å². The molecule has 0 aromatic carbocycles. The lowest BCUT2D eigenvalue weighted by atomic mass is 9.92. The second-order valence-corrected chi connectivity index (χ2v) is 3.09. The summed E-state index contributed by atoms with van der Waals surface area (Å²) in [5.41, 5.74) is 0.169. The van der Waals surface area contributed by atoms with E-state index in [1.54, 1.807) is 6.08 Å². The van der Waals surface area contributed by atoms with Crippen LogP contribution in [0.1, 0.15) is 19.3 Å². The van der Waals surface area contributed by atoms with Gasteiger partial charge in [0.05, 0.1) is 0 Å². The summed E-state index contributed by atoms with van der Waals surface area (Å²) in [6, 6.07) is 0.161. The molecule has 4 nitrogen and oxygen atoms in total. The summed E-state index contributed by atoms with van der Waals surface area (Å²) in [5.74, 6) is -1.05. The van der Waals surface area contributed by atoms with Gasteiger partial charge in [-0.3, -0.25) is 4.79 Å². The molecule has 1 fully saturated rings. The zero-order valence-corrected chi connectivity index (χ0v) is 6.49. The molecule has 0 aromatic rings. The Balaban J connectivity index is 2.26. The first-order chi connectivity index (χ1) is 5.70. The van der Waals surface area contributed by atoms with Crippen molar-refractivity contribution in [1.29, 1.82) is 0 Å². The maximum absolute atomic E-state index is 11.0. The molecule has 4 heteroatoms. The average Bonchev–Trinajstić information content (AvgIpc) is 2.01. The van der Waals surface area contributed by atoms with Gasteiger partial charge in [0.15, 0.2) is 0 Å². The van der Waals surface area contributed by atoms with E-state index in [0.717, 1.165) is 12.8 Å². The van der Waals surface area contributed by atoms with Crippen LogP contribution in [0.2, 0.25) is 0 Å². The number of carbonyl (C=O) groups excluding carboxylic acids is 1. The maximum Gasteiger partial charge on any atom is 0.352 e. The Hall–Kier alpha value is -1.32. The molecule has 12 heavy (non-hydrogen) atoms. The van der Waals surface area contributed by atoms with Crippen molar-refractivity contribution < 1.29 is 14.7 Å². The van der Waals surface area contributed by atoms with Crippen molar-refractivity contribution in [2.45, 2.75) is 25.3 Å². The number of β-lactam (4-membered cyclic amide) rings is 1. The Bertz CT molecular complexity index is 282. The number of carboxylic acid groups (broad SMARTS) is 1. The summed E-state index contributed by atoms with van der Waals surface area (Å²) >= 11 is 0. The van der Waals surface area contributed by atoms with Crippen molar-refractivity contribution in [3.63, 3.8) is 0 Å². The van der Waals surface area contributed by atoms with Gasteiger partial charge in [-0.2, -0.15) is 0 Å². The van der Waals surface area contributed by atoms with Crippen LogP contribution in [0.25, 0.3) is 0 Å². The predicted octanol–water partition coefficient (Wildman–Crippen LogP) is 0.350. The van der Waals surface area contributed by atoms with Crippen molar-refractivity contribution in [2.75, 3.05) is 0 Å². The molecule has 1 atom stereocenters. The first-order valence-electron chi connectivity index (χ1n) is 3.95. The number of nitrogens with zero attached hydrogens (tertiary/aromatic N) is 1. The Morgan fingerprint density at radius 2 is 2.42 bits per heavy atom. The first-order valence-corrected chi connectivity index (χ1v) is 3.95. The standard InChI is InChI=1S/C8H9NO3/c10-7-4-5-2-1-3-6(8(11)12)9(5)7/h3,5H,1-2,4H2,(H,11,12).